The number of pyridine rings is 1. The zero-order valence-electron chi connectivity index (χ0n) is 20.5. The molecule has 0 radical (unpaired) electrons. The predicted octanol–water partition coefficient (Wildman–Crippen LogP) is 3.38. The van der Waals surface area contributed by atoms with E-state index in [0.717, 1.165) is 56.6 Å². The summed E-state index contributed by atoms with van der Waals surface area (Å²) in [5, 5.41) is 4.02. The molecule has 198 valence electrons. The number of halogens is 3. The van der Waals surface area contributed by atoms with Gasteiger partial charge in [-0.15, -0.1) is 0 Å². The third-order valence-electron chi connectivity index (χ3n) is 6.62. The molecule has 8 nitrogen and oxygen atoms in total. The van der Waals surface area contributed by atoms with Crippen LogP contribution in [0.3, 0.4) is 0 Å². The SMILES string of the molecule is Cn1cc(OCC(=O)C[C@H]2CC[C@H](CCN3CCc4ccc(OCC(F)(F)F)nc4CC3)OC2)cn1. The second-order valence-corrected chi connectivity index (χ2v) is 9.57. The van der Waals surface area contributed by atoms with Gasteiger partial charge < -0.3 is 19.1 Å². The largest absolute Gasteiger partial charge is 0.483 e. The number of aromatic nitrogens is 3. The number of nitrogens with zero attached hydrogens (tertiary/aromatic N) is 4. The van der Waals surface area contributed by atoms with Crippen LogP contribution in [-0.2, 0) is 29.4 Å². The van der Waals surface area contributed by atoms with Gasteiger partial charge >= 0.3 is 6.18 Å². The minimum atomic E-state index is -4.38. The van der Waals surface area contributed by atoms with E-state index in [1.165, 1.54) is 6.07 Å². The van der Waals surface area contributed by atoms with Crippen LogP contribution in [0.4, 0.5) is 13.2 Å². The van der Waals surface area contributed by atoms with Crippen molar-refractivity contribution in [2.75, 3.05) is 39.5 Å². The van der Waals surface area contributed by atoms with E-state index in [0.29, 0.717) is 25.2 Å². The Morgan fingerprint density at radius 2 is 2.03 bits per heavy atom. The lowest BCUT2D eigenvalue weighted by atomic mass is 9.93. The molecule has 0 aromatic carbocycles. The first-order chi connectivity index (χ1) is 17.2. The third-order valence-corrected chi connectivity index (χ3v) is 6.62. The third kappa shape index (κ3) is 8.19. The highest BCUT2D eigenvalue weighted by Gasteiger charge is 2.29. The average Bonchev–Trinajstić information content (AvgIpc) is 3.15. The summed E-state index contributed by atoms with van der Waals surface area (Å²) in [7, 11) is 1.80. The summed E-state index contributed by atoms with van der Waals surface area (Å²) in [6.07, 6.45) is 3.85. The molecule has 2 atom stereocenters. The lowest BCUT2D eigenvalue weighted by molar-refractivity contribution is -0.154. The first-order valence-corrected chi connectivity index (χ1v) is 12.4. The molecule has 4 rings (SSSR count). The summed E-state index contributed by atoms with van der Waals surface area (Å²) in [6, 6.07) is 3.34. The normalized spacial score (nSPS) is 21.0. The monoisotopic (exact) mass is 510 g/mol. The van der Waals surface area contributed by atoms with Crippen LogP contribution < -0.4 is 9.47 Å². The van der Waals surface area contributed by atoms with Gasteiger partial charge in [-0.25, -0.2) is 4.98 Å². The van der Waals surface area contributed by atoms with Crippen molar-refractivity contribution in [3.63, 3.8) is 0 Å². The van der Waals surface area contributed by atoms with Gasteiger partial charge in [0.2, 0.25) is 5.88 Å². The number of carbonyl (C=O) groups is 1. The number of ether oxygens (including phenoxy) is 3. The fourth-order valence-electron chi connectivity index (χ4n) is 4.66. The van der Waals surface area contributed by atoms with Crippen molar-refractivity contribution < 1.29 is 32.2 Å². The molecule has 0 spiro atoms. The van der Waals surface area contributed by atoms with Crippen LogP contribution in [0.1, 0.15) is 36.9 Å². The highest BCUT2D eigenvalue weighted by atomic mass is 19.4. The van der Waals surface area contributed by atoms with Crippen molar-refractivity contribution in [3.8, 4) is 11.6 Å². The quantitative estimate of drug-likeness (QED) is 0.485. The second kappa shape index (κ2) is 12.1. The first kappa shape index (κ1) is 26.4. The number of fused-ring (bicyclic) bond motifs is 1. The molecule has 1 fully saturated rings. The van der Waals surface area contributed by atoms with E-state index in [-0.39, 0.29) is 30.3 Å². The van der Waals surface area contributed by atoms with Crippen LogP contribution in [0.15, 0.2) is 24.5 Å². The fourth-order valence-corrected chi connectivity index (χ4v) is 4.66. The van der Waals surface area contributed by atoms with Gasteiger partial charge in [-0.1, -0.05) is 6.07 Å². The zero-order chi connectivity index (χ0) is 25.5. The number of hydrogen-bond donors (Lipinski definition) is 0. The van der Waals surface area contributed by atoms with Crippen LogP contribution in [0.2, 0.25) is 0 Å². The van der Waals surface area contributed by atoms with Crippen molar-refractivity contribution in [2.45, 2.75) is 50.8 Å². The van der Waals surface area contributed by atoms with Gasteiger partial charge in [-0.2, -0.15) is 18.3 Å². The Hall–Kier alpha value is -2.66. The second-order valence-electron chi connectivity index (χ2n) is 9.57. The fraction of sp³-hybridized carbons (Fsp3) is 0.640. The number of carbonyl (C=O) groups excluding carboxylic acids is 1. The molecule has 0 aliphatic carbocycles. The van der Waals surface area contributed by atoms with E-state index in [2.05, 4.69) is 15.0 Å². The van der Waals surface area contributed by atoms with E-state index in [4.69, 9.17) is 14.2 Å². The van der Waals surface area contributed by atoms with E-state index in [1.807, 2.05) is 6.07 Å². The highest BCUT2D eigenvalue weighted by Crippen LogP contribution is 2.25. The molecule has 0 bridgehead atoms. The number of aryl methyl sites for hydroxylation is 1. The van der Waals surface area contributed by atoms with Gasteiger partial charge in [0.05, 0.1) is 25.1 Å². The van der Waals surface area contributed by atoms with Crippen molar-refractivity contribution in [1.82, 2.24) is 19.7 Å². The molecule has 0 N–H and O–H groups in total. The smallest absolute Gasteiger partial charge is 0.422 e. The molecule has 2 aromatic heterocycles. The van der Waals surface area contributed by atoms with Crippen molar-refractivity contribution >= 4 is 5.78 Å². The molecule has 4 heterocycles. The highest BCUT2D eigenvalue weighted by molar-refractivity contribution is 5.80. The number of Topliss-reactive ketones (excluding diaryl/α,β-unsaturated/α-hetero) is 1. The maximum atomic E-state index is 12.4. The number of alkyl halides is 3. The molecule has 36 heavy (non-hydrogen) atoms. The molecule has 11 heteroatoms. The maximum Gasteiger partial charge on any atom is 0.422 e. The Morgan fingerprint density at radius 3 is 2.75 bits per heavy atom. The first-order valence-electron chi connectivity index (χ1n) is 12.4. The van der Waals surface area contributed by atoms with Crippen molar-refractivity contribution in [1.29, 1.82) is 0 Å². The summed E-state index contributed by atoms with van der Waals surface area (Å²) in [5.74, 6) is 0.898. The minimum Gasteiger partial charge on any atom is -0.483 e. The topological polar surface area (TPSA) is 78.7 Å². The Kier molecular flexibility index (Phi) is 8.84. The van der Waals surface area contributed by atoms with Crippen LogP contribution in [0.5, 0.6) is 11.6 Å². The molecule has 0 amide bonds. The van der Waals surface area contributed by atoms with E-state index in [1.54, 1.807) is 24.1 Å². The van der Waals surface area contributed by atoms with E-state index >= 15 is 0 Å². The van der Waals surface area contributed by atoms with Crippen LogP contribution in [0.25, 0.3) is 0 Å². The summed E-state index contributed by atoms with van der Waals surface area (Å²) in [4.78, 5) is 18.9. The lowest BCUT2D eigenvalue weighted by Crippen LogP contribution is -2.33. The van der Waals surface area contributed by atoms with E-state index < -0.39 is 12.8 Å². The van der Waals surface area contributed by atoms with Gasteiger partial charge in [-0.05, 0) is 37.2 Å². The van der Waals surface area contributed by atoms with Crippen molar-refractivity contribution in [3.05, 3.63) is 35.8 Å². The standard InChI is InChI=1S/C25H33F3N4O4/c1-31-14-22(13-29-31)35-16-20(33)12-18-2-4-21(34-15-18)7-10-32-9-6-19-3-5-24(30-23(19)8-11-32)36-17-25(26,27)28/h3,5,13-14,18,21H,2,4,6-12,15-17H2,1H3/t18-,21-/m1/s1. The Morgan fingerprint density at radius 1 is 1.19 bits per heavy atom. The average molecular weight is 511 g/mol. The summed E-state index contributed by atoms with van der Waals surface area (Å²) < 4.78 is 55.2. The molecule has 0 unspecified atom stereocenters. The summed E-state index contributed by atoms with van der Waals surface area (Å²) >= 11 is 0. The Balaban J connectivity index is 1.13. The van der Waals surface area contributed by atoms with E-state index in [9.17, 15) is 18.0 Å². The summed E-state index contributed by atoms with van der Waals surface area (Å²) in [5.41, 5.74) is 1.87. The molecular weight excluding hydrogens is 477 g/mol. The number of ketones is 1. The van der Waals surface area contributed by atoms with Gasteiger partial charge in [-0.3, -0.25) is 9.48 Å². The van der Waals surface area contributed by atoms with Gasteiger partial charge in [0.25, 0.3) is 0 Å². The van der Waals surface area contributed by atoms with Gasteiger partial charge in [0, 0.05) is 51.3 Å². The predicted molar refractivity (Wildman–Crippen MR) is 125 cm³/mol. The van der Waals surface area contributed by atoms with Crippen molar-refractivity contribution in [2.24, 2.45) is 13.0 Å². The maximum absolute atomic E-state index is 12.4. The van der Waals surface area contributed by atoms with Crippen LogP contribution >= 0.6 is 0 Å². The zero-order valence-corrected chi connectivity index (χ0v) is 20.5. The molecular formula is C25H33F3N4O4. The molecule has 1 saturated heterocycles. The lowest BCUT2D eigenvalue weighted by Gasteiger charge is -2.30. The minimum absolute atomic E-state index is 0.0202. The van der Waals surface area contributed by atoms with Crippen LogP contribution in [0, 0.1) is 5.92 Å². The van der Waals surface area contributed by atoms with Gasteiger partial charge in [0.1, 0.15) is 6.61 Å². The van der Waals surface area contributed by atoms with Gasteiger partial charge in [0.15, 0.2) is 18.1 Å². The summed E-state index contributed by atoms with van der Waals surface area (Å²) in [6.45, 7) is 1.86. The number of rotatable bonds is 10. The number of hydrogen-bond acceptors (Lipinski definition) is 7. The Labute approximate surface area is 208 Å². The molecule has 0 saturated carbocycles. The molecule has 2 aliphatic heterocycles. The molecule has 2 aromatic rings. The van der Waals surface area contributed by atoms with Crippen LogP contribution in [-0.4, -0.2) is 77.2 Å². The molecule has 2 aliphatic rings. The Bertz CT molecular complexity index is 1010.